The van der Waals surface area contributed by atoms with Crippen LogP contribution in [0.25, 0.3) is 0 Å². The second-order valence-corrected chi connectivity index (χ2v) is 7.75. The molecule has 1 aromatic heterocycles. The Labute approximate surface area is 134 Å². The zero-order valence-corrected chi connectivity index (χ0v) is 14.1. The Morgan fingerprint density at radius 1 is 1.41 bits per heavy atom. The summed E-state index contributed by atoms with van der Waals surface area (Å²) in [5.41, 5.74) is 2.63. The van der Waals surface area contributed by atoms with Gasteiger partial charge in [0, 0.05) is 5.41 Å². The Morgan fingerprint density at radius 3 is 2.91 bits per heavy atom. The van der Waals surface area contributed by atoms with E-state index in [0.29, 0.717) is 11.8 Å². The Morgan fingerprint density at radius 2 is 2.23 bits per heavy atom. The van der Waals surface area contributed by atoms with Crippen LogP contribution in [0.1, 0.15) is 58.4 Å². The van der Waals surface area contributed by atoms with Crippen LogP contribution < -0.4 is 0 Å². The van der Waals surface area contributed by atoms with Gasteiger partial charge in [0.05, 0.1) is 12.5 Å². The first-order valence-electron chi connectivity index (χ1n) is 8.67. The molecule has 2 heteroatoms. The molecular weight excluding hydrogens is 272 g/mol. The van der Waals surface area contributed by atoms with Crippen molar-refractivity contribution in [3.05, 3.63) is 35.8 Å². The minimum atomic E-state index is -0.199. The molecule has 0 aromatic carbocycles. The second kappa shape index (κ2) is 5.72. The molecule has 0 unspecified atom stereocenters. The topological polar surface area (TPSA) is 30.2 Å². The molecule has 2 aliphatic carbocycles. The maximum Gasteiger partial charge on any atom is 0.130 e. The fourth-order valence-corrected chi connectivity index (χ4v) is 5.11. The van der Waals surface area contributed by atoms with Crippen molar-refractivity contribution >= 4 is 6.29 Å². The Kier molecular flexibility index (Phi) is 4.05. The van der Waals surface area contributed by atoms with Gasteiger partial charge in [0.15, 0.2) is 0 Å². The molecule has 2 nitrogen and oxygen atoms in total. The standard InChI is InChI=1S/C20H28O2/c1-15-7-11-20(14-21)16(2)5-4-6-18(20)19(15,3)10-8-17-9-12-22-13-17/h5,9,12-15,18H,4,6-8,10-11H2,1-3H3/t15-,18-,19+,20-/m1/s1. The highest BCUT2D eigenvalue weighted by Crippen LogP contribution is 2.61. The van der Waals surface area contributed by atoms with Gasteiger partial charge in [0.2, 0.25) is 0 Å². The van der Waals surface area contributed by atoms with E-state index >= 15 is 0 Å². The van der Waals surface area contributed by atoms with Crippen LogP contribution in [0.5, 0.6) is 0 Å². The summed E-state index contributed by atoms with van der Waals surface area (Å²) in [6.45, 7) is 6.99. The summed E-state index contributed by atoms with van der Waals surface area (Å²) >= 11 is 0. The number of aldehydes is 1. The van der Waals surface area contributed by atoms with Gasteiger partial charge in [-0.3, -0.25) is 0 Å². The van der Waals surface area contributed by atoms with E-state index in [-0.39, 0.29) is 10.8 Å². The summed E-state index contributed by atoms with van der Waals surface area (Å²) in [7, 11) is 0. The van der Waals surface area contributed by atoms with Crippen LogP contribution in [0, 0.1) is 22.7 Å². The molecule has 0 saturated heterocycles. The third-order valence-electron chi connectivity index (χ3n) is 6.92. The Bertz CT molecular complexity index is 556. The van der Waals surface area contributed by atoms with Crippen molar-refractivity contribution in [1.29, 1.82) is 0 Å². The molecule has 0 bridgehead atoms. The number of rotatable bonds is 4. The number of furan rings is 1. The maximum absolute atomic E-state index is 12.1. The molecule has 2 aliphatic rings. The number of carbonyl (C=O) groups excluding carboxylic acids is 1. The minimum Gasteiger partial charge on any atom is -0.472 e. The van der Waals surface area contributed by atoms with Crippen molar-refractivity contribution in [3.63, 3.8) is 0 Å². The third kappa shape index (κ3) is 2.28. The van der Waals surface area contributed by atoms with Crippen LogP contribution in [0.2, 0.25) is 0 Å². The van der Waals surface area contributed by atoms with Gasteiger partial charge in [0.1, 0.15) is 6.29 Å². The van der Waals surface area contributed by atoms with Crippen LogP contribution >= 0.6 is 0 Å². The molecule has 22 heavy (non-hydrogen) atoms. The molecule has 1 fully saturated rings. The van der Waals surface area contributed by atoms with Crippen molar-refractivity contribution in [2.75, 3.05) is 0 Å². The molecule has 0 spiro atoms. The number of allylic oxidation sites excluding steroid dienone is 2. The van der Waals surface area contributed by atoms with Crippen molar-refractivity contribution in [1.82, 2.24) is 0 Å². The van der Waals surface area contributed by atoms with E-state index in [2.05, 4.69) is 32.9 Å². The van der Waals surface area contributed by atoms with E-state index in [0.717, 1.165) is 38.5 Å². The van der Waals surface area contributed by atoms with Gasteiger partial charge in [-0.1, -0.05) is 25.5 Å². The summed E-state index contributed by atoms with van der Waals surface area (Å²) in [6.07, 6.45) is 13.9. The van der Waals surface area contributed by atoms with Gasteiger partial charge in [-0.2, -0.15) is 0 Å². The van der Waals surface area contributed by atoms with Crippen LogP contribution in [0.3, 0.4) is 0 Å². The smallest absolute Gasteiger partial charge is 0.130 e. The van der Waals surface area contributed by atoms with Gasteiger partial charge in [-0.05, 0) is 74.3 Å². The van der Waals surface area contributed by atoms with E-state index in [4.69, 9.17) is 4.42 Å². The summed E-state index contributed by atoms with van der Waals surface area (Å²) in [6, 6.07) is 2.07. The predicted octanol–water partition coefficient (Wildman–Crippen LogP) is 5.19. The van der Waals surface area contributed by atoms with Crippen molar-refractivity contribution in [2.45, 2.75) is 59.3 Å². The highest BCUT2D eigenvalue weighted by Gasteiger charge is 2.55. The van der Waals surface area contributed by atoms with Crippen LogP contribution in [-0.2, 0) is 11.2 Å². The average molecular weight is 300 g/mol. The molecule has 1 heterocycles. The zero-order chi connectivity index (χ0) is 15.8. The monoisotopic (exact) mass is 300 g/mol. The average Bonchev–Trinajstić information content (AvgIpc) is 3.04. The molecule has 0 amide bonds. The summed E-state index contributed by atoms with van der Waals surface area (Å²) in [5, 5.41) is 0. The van der Waals surface area contributed by atoms with Gasteiger partial charge in [-0.15, -0.1) is 0 Å². The SMILES string of the molecule is CC1=CCC[C@@H]2[C@@](C)(CCc3ccoc3)[C@H](C)CC[C@@]12C=O. The molecule has 0 radical (unpaired) electrons. The van der Waals surface area contributed by atoms with Crippen LogP contribution in [-0.4, -0.2) is 6.29 Å². The largest absolute Gasteiger partial charge is 0.472 e. The number of carbonyl (C=O) groups is 1. The first kappa shape index (κ1) is 15.6. The van der Waals surface area contributed by atoms with Crippen molar-refractivity contribution in [2.24, 2.45) is 22.7 Å². The normalized spacial score (nSPS) is 38.2. The van der Waals surface area contributed by atoms with E-state index in [1.165, 1.54) is 17.4 Å². The summed E-state index contributed by atoms with van der Waals surface area (Å²) < 4.78 is 5.21. The molecule has 0 N–H and O–H groups in total. The molecule has 3 rings (SSSR count). The summed E-state index contributed by atoms with van der Waals surface area (Å²) in [4.78, 5) is 12.1. The van der Waals surface area contributed by atoms with Gasteiger partial charge < -0.3 is 9.21 Å². The van der Waals surface area contributed by atoms with E-state index in [1.807, 2.05) is 6.26 Å². The maximum atomic E-state index is 12.1. The van der Waals surface area contributed by atoms with Crippen LogP contribution in [0.4, 0.5) is 0 Å². The zero-order valence-electron chi connectivity index (χ0n) is 14.1. The first-order chi connectivity index (χ1) is 10.5. The molecular formula is C20H28O2. The molecule has 120 valence electrons. The lowest BCUT2D eigenvalue weighted by Crippen LogP contribution is -2.52. The predicted molar refractivity (Wildman–Crippen MR) is 88.5 cm³/mol. The summed E-state index contributed by atoms with van der Waals surface area (Å²) in [5.74, 6) is 1.15. The highest BCUT2D eigenvalue weighted by atomic mass is 16.3. The first-order valence-corrected chi connectivity index (χ1v) is 8.67. The number of fused-ring (bicyclic) bond motifs is 1. The van der Waals surface area contributed by atoms with Crippen LogP contribution in [0.15, 0.2) is 34.7 Å². The molecule has 1 aromatic rings. The van der Waals surface area contributed by atoms with E-state index < -0.39 is 0 Å². The van der Waals surface area contributed by atoms with Gasteiger partial charge in [-0.25, -0.2) is 0 Å². The second-order valence-electron chi connectivity index (χ2n) is 7.75. The lowest BCUT2D eigenvalue weighted by atomic mass is 9.46. The Hall–Kier alpha value is -1.31. The number of hydrogen-bond acceptors (Lipinski definition) is 2. The fourth-order valence-electron chi connectivity index (χ4n) is 5.11. The van der Waals surface area contributed by atoms with Crippen molar-refractivity contribution < 1.29 is 9.21 Å². The minimum absolute atomic E-state index is 0.199. The van der Waals surface area contributed by atoms with Crippen molar-refractivity contribution in [3.8, 4) is 0 Å². The van der Waals surface area contributed by atoms with E-state index in [9.17, 15) is 4.79 Å². The molecule has 0 aliphatic heterocycles. The number of hydrogen-bond donors (Lipinski definition) is 0. The quantitative estimate of drug-likeness (QED) is 0.566. The molecule has 1 saturated carbocycles. The Balaban J connectivity index is 1.90. The molecule has 4 atom stereocenters. The lowest BCUT2D eigenvalue weighted by Gasteiger charge is -2.57. The van der Waals surface area contributed by atoms with E-state index in [1.54, 1.807) is 6.26 Å². The number of aryl methyl sites for hydroxylation is 1. The highest BCUT2D eigenvalue weighted by molar-refractivity contribution is 5.67. The van der Waals surface area contributed by atoms with Gasteiger partial charge in [0.25, 0.3) is 0 Å². The fraction of sp³-hybridized carbons (Fsp3) is 0.650. The van der Waals surface area contributed by atoms with Gasteiger partial charge >= 0.3 is 0 Å². The lowest BCUT2D eigenvalue weighted by molar-refractivity contribution is -0.128. The third-order valence-corrected chi connectivity index (χ3v) is 6.92.